The molecule has 184 valence electrons. The molecule has 5 rings (SSSR count). The van der Waals surface area contributed by atoms with E-state index in [0.717, 1.165) is 29.5 Å². The van der Waals surface area contributed by atoms with Gasteiger partial charge in [0.25, 0.3) is 0 Å². The highest BCUT2D eigenvalue weighted by molar-refractivity contribution is 5.92. The molecule has 1 amide bonds. The first-order chi connectivity index (χ1) is 17.0. The fourth-order valence-electron chi connectivity index (χ4n) is 4.56. The van der Waals surface area contributed by atoms with Gasteiger partial charge >= 0.3 is 6.09 Å². The number of hydrogen-bond acceptors (Lipinski definition) is 7. The number of ether oxygens (including phenoxy) is 3. The number of aromatic nitrogens is 2. The zero-order chi connectivity index (χ0) is 24.4. The minimum absolute atomic E-state index is 0.234. The summed E-state index contributed by atoms with van der Waals surface area (Å²) in [6.07, 6.45) is 0.632. The summed E-state index contributed by atoms with van der Waals surface area (Å²) >= 11 is 0. The number of hydrogen-bond donors (Lipinski definition) is 0. The Labute approximate surface area is 203 Å². The van der Waals surface area contributed by atoms with Gasteiger partial charge in [0.15, 0.2) is 5.82 Å². The van der Waals surface area contributed by atoms with Gasteiger partial charge in [-0.15, -0.1) is 0 Å². The van der Waals surface area contributed by atoms with E-state index in [1.165, 1.54) is 13.2 Å². The van der Waals surface area contributed by atoms with Crippen LogP contribution in [0.1, 0.15) is 12.0 Å². The van der Waals surface area contributed by atoms with Crippen LogP contribution < -0.4 is 9.64 Å². The van der Waals surface area contributed by atoms with Crippen molar-refractivity contribution >= 4 is 22.8 Å². The average molecular weight is 481 g/mol. The third-order valence-electron chi connectivity index (χ3n) is 6.56. The van der Waals surface area contributed by atoms with E-state index in [2.05, 4.69) is 9.88 Å². The van der Waals surface area contributed by atoms with Crippen LogP contribution in [0.25, 0.3) is 22.3 Å². The number of nitrogens with zero attached hydrogens (tertiary/aromatic N) is 4. The second-order valence-electron chi connectivity index (χ2n) is 8.99. The molecule has 2 aliphatic rings. The number of carbonyl (C=O) groups is 1. The van der Waals surface area contributed by atoms with Gasteiger partial charge in [-0.25, -0.2) is 19.2 Å². The van der Waals surface area contributed by atoms with Gasteiger partial charge in [-0.2, -0.15) is 0 Å². The van der Waals surface area contributed by atoms with Gasteiger partial charge in [0.2, 0.25) is 0 Å². The van der Waals surface area contributed by atoms with Crippen LogP contribution in [-0.4, -0.2) is 74.1 Å². The maximum Gasteiger partial charge on any atom is 0.409 e. The van der Waals surface area contributed by atoms with Crippen molar-refractivity contribution in [2.45, 2.75) is 13.3 Å². The molecule has 35 heavy (non-hydrogen) atoms. The Kier molecular flexibility index (Phi) is 6.68. The topological polar surface area (TPSA) is 77.0 Å². The predicted octanol–water partition coefficient (Wildman–Crippen LogP) is 4.05. The van der Waals surface area contributed by atoms with E-state index in [-0.39, 0.29) is 23.4 Å². The van der Waals surface area contributed by atoms with Crippen LogP contribution in [-0.2, 0) is 9.47 Å². The molecule has 1 aromatic heterocycles. The molecule has 3 aromatic rings. The fourth-order valence-corrected chi connectivity index (χ4v) is 4.56. The van der Waals surface area contributed by atoms with Gasteiger partial charge in [0, 0.05) is 44.1 Å². The van der Waals surface area contributed by atoms with Crippen molar-refractivity contribution in [2.24, 2.45) is 5.92 Å². The predicted molar refractivity (Wildman–Crippen MR) is 130 cm³/mol. The maximum atomic E-state index is 14.9. The molecule has 0 N–H and O–H groups in total. The van der Waals surface area contributed by atoms with Crippen molar-refractivity contribution in [3.63, 3.8) is 0 Å². The molecule has 0 saturated carbocycles. The normalized spacial score (nSPS) is 18.2. The fraction of sp³-hybridized carbons (Fsp3) is 0.423. The molecule has 0 aliphatic carbocycles. The molecule has 2 fully saturated rings. The Morgan fingerprint density at radius 1 is 1.17 bits per heavy atom. The first-order valence-corrected chi connectivity index (χ1v) is 11.9. The number of piperazine rings is 1. The number of methoxy groups -OCH3 is 1. The Bertz CT molecular complexity index is 1220. The lowest BCUT2D eigenvalue weighted by molar-refractivity contribution is 0.0815. The van der Waals surface area contributed by atoms with Crippen molar-refractivity contribution in [1.29, 1.82) is 0 Å². The largest absolute Gasteiger partial charge is 0.496 e. The second-order valence-corrected chi connectivity index (χ2v) is 8.99. The van der Waals surface area contributed by atoms with E-state index in [1.807, 2.05) is 25.1 Å². The first kappa shape index (κ1) is 23.3. The molecule has 0 spiro atoms. The zero-order valence-corrected chi connectivity index (χ0v) is 20.0. The number of aryl methyl sites for hydroxylation is 1. The van der Waals surface area contributed by atoms with Crippen LogP contribution >= 0.6 is 0 Å². The molecule has 2 saturated heterocycles. The van der Waals surface area contributed by atoms with Crippen LogP contribution in [0.15, 0.2) is 36.4 Å². The molecular formula is C26H29FN4O4. The second kappa shape index (κ2) is 10.0. The van der Waals surface area contributed by atoms with E-state index in [0.29, 0.717) is 51.0 Å². The Hall–Kier alpha value is -3.46. The smallest absolute Gasteiger partial charge is 0.409 e. The van der Waals surface area contributed by atoms with Gasteiger partial charge < -0.3 is 24.0 Å². The summed E-state index contributed by atoms with van der Waals surface area (Å²) in [4.78, 5) is 25.9. The molecule has 1 unspecified atom stereocenters. The molecule has 1 atom stereocenters. The summed E-state index contributed by atoms with van der Waals surface area (Å²) < 4.78 is 31.1. The minimum atomic E-state index is -0.442. The number of anilines is 1. The average Bonchev–Trinajstić information content (AvgIpc) is 3.40. The van der Waals surface area contributed by atoms with E-state index in [9.17, 15) is 9.18 Å². The maximum absolute atomic E-state index is 14.9. The van der Waals surface area contributed by atoms with Crippen molar-refractivity contribution in [3.05, 3.63) is 47.8 Å². The van der Waals surface area contributed by atoms with Crippen LogP contribution in [0.3, 0.4) is 0 Å². The Balaban J connectivity index is 1.40. The van der Waals surface area contributed by atoms with Crippen LogP contribution in [0, 0.1) is 18.7 Å². The number of fused-ring (bicyclic) bond motifs is 1. The van der Waals surface area contributed by atoms with Gasteiger partial charge in [-0.05, 0) is 43.2 Å². The molecule has 0 bridgehead atoms. The summed E-state index contributed by atoms with van der Waals surface area (Å²) in [7, 11) is 1.50. The first-order valence-electron chi connectivity index (χ1n) is 11.9. The third-order valence-corrected chi connectivity index (χ3v) is 6.56. The quantitative estimate of drug-likeness (QED) is 0.545. The van der Waals surface area contributed by atoms with E-state index >= 15 is 0 Å². The lowest BCUT2D eigenvalue weighted by atomic mass is 10.1. The van der Waals surface area contributed by atoms with E-state index in [1.54, 1.807) is 17.0 Å². The van der Waals surface area contributed by atoms with Gasteiger partial charge in [0.1, 0.15) is 17.4 Å². The molecule has 8 nitrogen and oxygen atoms in total. The Morgan fingerprint density at radius 3 is 2.74 bits per heavy atom. The highest BCUT2D eigenvalue weighted by Gasteiger charge is 2.27. The molecule has 0 radical (unpaired) electrons. The number of amides is 1. The highest BCUT2D eigenvalue weighted by Crippen LogP contribution is 2.34. The SMILES string of the molecule is COc1cccc(F)c1-c1nc(N2CCN(C(=O)OCC3CCOC3)CC2)c2ccc(C)cc2n1. The number of rotatable bonds is 5. The third kappa shape index (κ3) is 4.86. The molecule has 2 aliphatic heterocycles. The van der Waals surface area contributed by atoms with Crippen molar-refractivity contribution < 1.29 is 23.4 Å². The lowest BCUT2D eigenvalue weighted by Crippen LogP contribution is -2.49. The number of halogens is 1. The van der Waals surface area contributed by atoms with Crippen LogP contribution in [0.4, 0.5) is 15.0 Å². The van der Waals surface area contributed by atoms with Crippen molar-refractivity contribution in [1.82, 2.24) is 14.9 Å². The van der Waals surface area contributed by atoms with Crippen LogP contribution in [0.5, 0.6) is 5.75 Å². The van der Waals surface area contributed by atoms with Gasteiger partial charge in [-0.1, -0.05) is 12.1 Å². The summed E-state index contributed by atoms with van der Waals surface area (Å²) in [6.45, 7) is 5.94. The summed E-state index contributed by atoms with van der Waals surface area (Å²) in [6, 6.07) is 10.7. The molecule has 2 aromatic carbocycles. The molecule has 9 heteroatoms. The summed E-state index contributed by atoms with van der Waals surface area (Å²) in [5.41, 5.74) is 2.02. The molecular weight excluding hydrogens is 451 g/mol. The number of benzene rings is 2. The summed E-state index contributed by atoms with van der Waals surface area (Å²) in [5.74, 6) is 1.20. The Morgan fingerprint density at radius 2 is 2.00 bits per heavy atom. The van der Waals surface area contributed by atoms with Gasteiger partial charge in [-0.3, -0.25) is 0 Å². The van der Waals surface area contributed by atoms with Crippen molar-refractivity contribution in [2.75, 3.05) is 58.0 Å². The zero-order valence-electron chi connectivity index (χ0n) is 20.0. The molecule has 3 heterocycles. The van der Waals surface area contributed by atoms with E-state index < -0.39 is 5.82 Å². The van der Waals surface area contributed by atoms with Crippen molar-refractivity contribution in [3.8, 4) is 17.1 Å². The van der Waals surface area contributed by atoms with E-state index in [4.69, 9.17) is 19.2 Å². The number of carbonyl (C=O) groups excluding carboxylic acids is 1. The minimum Gasteiger partial charge on any atom is -0.496 e. The highest BCUT2D eigenvalue weighted by atomic mass is 19.1. The van der Waals surface area contributed by atoms with Gasteiger partial charge in [0.05, 0.1) is 31.4 Å². The monoisotopic (exact) mass is 480 g/mol. The summed E-state index contributed by atoms with van der Waals surface area (Å²) in [5, 5.41) is 0.881. The van der Waals surface area contributed by atoms with Crippen LogP contribution in [0.2, 0.25) is 0 Å². The standard InChI is InChI=1S/C26H29FN4O4/c1-17-6-7-19-21(14-17)28-24(23-20(27)4-3-5-22(23)33-2)29-25(19)30-9-11-31(12-10-30)26(32)35-16-18-8-13-34-15-18/h3-7,14,18H,8-13,15-16H2,1-2H3. The lowest BCUT2D eigenvalue weighted by Gasteiger charge is -2.35.